The molecular weight excluding hydrogens is 233 g/mol. The van der Waals surface area contributed by atoms with E-state index in [1.807, 2.05) is 0 Å². The number of hydrogen-bond acceptors (Lipinski definition) is 3. The van der Waals surface area contributed by atoms with Gasteiger partial charge in [0.05, 0.1) is 6.04 Å². The Hall–Kier alpha value is -1.46. The van der Waals surface area contributed by atoms with E-state index in [4.69, 9.17) is 0 Å². The molecule has 0 aliphatic carbocycles. The first-order valence-electron chi connectivity index (χ1n) is 6.08. The number of rotatable bonds is 2. The number of hydrogen-bond donors (Lipinski definition) is 2. The highest BCUT2D eigenvalue weighted by Gasteiger charge is 2.26. The van der Waals surface area contributed by atoms with Gasteiger partial charge in [-0.05, 0) is 25.1 Å². The summed E-state index contributed by atoms with van der Waals surface area (Å²) in [7, 11) is 1.66. The van der Waals surface area contributed by atoms with Gasteiger partial charge in [0.15, 0.2) is 0 Å². The van der Waals surface area contributed by atoms with Crippen molar-refractivity contribution in [3.05, 3.63) is 30.1 Å². The van der Waals surface area contributed by atoms with Crippen molar-refractivity contribution in [2.75, 3.05) is 25.0 Å². The lowest BCUT2D eigenvalue weighted by Gasteiger charge is -2.31. The van der Waals surface area contributed by atoms with Crippen molar-refractivity contribution in [2.24, 2.45) is 0 Å². The fourth-order valence-electron chi connectivity index (χ4n) is 2.00. The number of anilines is 1. The fourth-order valence-corrected chi connectivity index (χ4v) is 2.00. The van der Waals surface area contributed by atoms with E-state index in [1.165, 1.54) is 17.0 Å². The third kappa shape index (κ3) is 2.86. The molecule has 98 valence electrons. The maximum atomic E-state index is 13.1. The van der Waals surface area contributed by atoms with Crippen molar-refractivity contribution in [3.8, 4) is 0 Å². The molecule has 1 fully saturated rings. The second-order valence-corrected chi connectivity index (χ2v) is 4.65. The van der Waals surface area contributed by atoms with Gasteiger partial charge in [-0.3, -0.25) is 4.79 Å². The maximum Gasteiger partial charge on any atom is 0.245 e. The summed E-state index contributed by atoms with van der Waals surface area (Å²) in [6.45, 7) is 3.41. The van der Waals surface area contributed by atoms with Gasteiger partial charge in [-0.15, -0.1) is 0 Å². The van der Waals surface area contributed by atoms with Crippen molar-refractivity contribution in [1.29, 1.82) is 0 Å². The van der Waals surface area contributed by atoms with Gasteiger partial charge in [0.1, 0.15) is 5.82 Å². The molecule has 1 amide bonds. The van der Waals surface area contributed by atoms with E-state index in [-0.39, 0.29) is 17.8 Å². The number of benzene rings is 1. The van der Waals surface area contributed by atoms with Crippen LogP contribution in [-0.2, 0) is 4.79 Å². The highest BCUT2D eigenvalue weighted by molar-refractivity contribution is 5.96. The van der Waals surface area contributed by atoms with E-state index in [0.717, 1.165) is 6.54 Å². The van der Waals surface area contributed by atoms with Gasteiger partial charge in [-0.2, -0.15) is 0 Å². The lowest BCUT2D eigenvalue weighted by Crippen LogP contribution is -2.59. The summed E-state index contributed by atoms with van der Waals surface area (Å²) >= 11 is 0. The number of nitrogens with zero attached hydrogens (tertiary/aromatic N) is 1. The first-order valence-corrected chi connectivity index (χ1v) is 6.08. The summed E-state index contributed by atoms with van der Waals surface area (Å²) in [5, 5.41) is 6.43. The number of piperazine rings is 1. The first kappa shape index (κ1) is 13.0. The summed E-state index contributed by atoms with van der Waals surface area (Å²) in [5.74, 6) is -0.393. The van der Waals surface area contributed by atoms with Gasteiger partial charge in [0.25, 0.3) is 0 Å². The average molecular weight is 251 g/mol. The Morgan fingerprint density at radius 1 is 1.39 bits per heavy atom. The van der Waals surface area contributed by atoms with Crippen LogP contribution in [0.25, 0.3) is 0 Å². The summed E-state index contributed by atoms with van der Waals surface area (Å²) in [6, 6.07) is 6.16. The molecule has 0 saturated carbocycles. The molecule has 5 heteroatoms. The third-order valence-electron chi connectivity index (χ3n) is 3.17. The molecule has 4 nitrogen and oxygen atoms in total. The van der Waals surface area contributed by atoms with Crippen LogP contribution in [0.4, 0.5) is 10.1 Å². The number of carbonyl (C=O) groups excluding carboxylic acids is 1. The van der Waals surface area contributed by atoms with Crippen molar-refractivity contribution in [3.63, 3.8) is 0 Å². The normalized spacial score (nSPS) is 23.7. The lowest BCUT2D eigenvalue weighted by atomic mass is 10.1. The maximum absolute atomic E-state index is 13.1. The van der Waals surface area contributed by atoms with Crippen molar-refractivity contribution < 1.29 is 9.18 Å². The van der Waals surface area contributed by atoms with Crippen molar-refractivity contribution >= 4 is 11.6 Å². The Kier molecular flexibility index (Phi) is 3.93. The highest BCUT2D eigenvalue weighted by atomic mass is 19.1. The largest absolute Gasteiger partial charge is 0.314 e. The van der Waals surface area contributed by atoms with Crippen LogP contribution >= 0.6 is 0 Å². The Bertz CT molecular complexity index is 430. The quantitative estimate of drug-likeness (QED) is 0.815. The Labute approximate surface area is 106 Å². The molecule has 0 bridgehead atoms. The molecule has 2 rings (SSSR count). The van der Waals surface area contributed by atoms with Gasteiger partial charge >= 0.3 is 0 Å². The zero-order valence-electron chi connectivity index (χ0n) is 10.6. The number of nitrogens with one attached hydrogen (secondary N) is 2. The summed E-state index contributed by atoms with van der Waals surface area (Å²) < 4.78 is 13.1. The Morgan fingerprint density at radius 2 is 2.17 bits per heavy atom. The van der Waals surface area contributed by atoms with E-state index in [0.29, 0.717) is 18.3 Å². The van der Waals surface area contributed by atoms with Gasteiger partial charge in [0, 0.05) is 31.9 Å². The predicted octanol–water partition coefficient (Wildman–Crippen LogP) is 0.738. The molecule has 0 radical (unpaired) electrons. The second kappa shape index (κ2) is 5.46. The molecule has 1 heterocycles. The molecular formula is C13H18FN3O. The molecule has 2 N–H and O–H groups in total. The topological polar surface area (TPSA) is 44.4 Å². The molecule has 1 aromatic rings. The molecule has 1 aliphatic heterocycles. The van der Waals surface area contributed by atoms with E-state index in [1.54, 1.807) is 19.2 Å². The zero-order valence-corrected chi connectivity index (χ0v) is 10.6. The summed E-state index contributed by atoms with van der Waals surface area (Å²) in [5.41, 5.74) is 0.570. The summed E-state index contributed by atoms with van der Waals surface area (Å²) in [4.78, 5) is 13.7. The summed E-state index contributed by atoms with van der Waals surface area (Å²) in [6.07, 6.45) is 0. The smallest absolute Gasteiger partial charge is 0.245 e. The minimum absolute atomic E-state index is 0.0556. The van der Waals surface area contributed by atoms with Crippen LogP contribution < -0.4 is 15.5 Å². The van der Waals surface area contributed by atoms with Crippen LogP contribution in [-0.4, -0.2) is 38.1 Å². The number of amides is 1. The molecule has 2 unspecified atom stereocenters. The van der Waals surface area contributed by atoms with Crippen LogP contribution in [0.1, 0.15) is 6.92 Å². The van der Waals surface area contributed by atoms with Crippen LogP contribution in [0.5, 0.6) is 0 Å². The van der Waals surface area contributed by atoms with Gasteiger partial charge in [-0.25, -0.2) is 4.39 Å². The number of halogens is 1. The SMILES string of the molecule is CC1CNC(C(=O)N(C)c2cccc(F)c2)CN1. The minimum Gasteiger partial charge on any atom is -0.314 e. The number of likely N-dealkylation sites (N-methyl/N-ethyl adjacent to an activating group) is 1. The van der Waals surface area contributed by atoms with Crippen LogP contribution in [0.3, 0.4) is 0 Å². The molecule has 0 spiro atoms. The fraction of sp³-hybridized carbons (Fsp3) is 0.462. The molecule has 0 aromatic heterocycles. The molecule has 2 atom stereocenters. The number of carbonyl (C=O) groups is 1. The van der Waals surface area contributed by atoms with Crippen molar-refractivity contribution in [2.45, 2.75) is 19.0 Å². The average Bonchev–Trinajstić information content (AvgIpc) is 2.38. The van der Waals surface area contributed by atoms with Crippen LogP contribution in [0, 0.1) is 5.82 Å². The van der Waals surface area contributed by atoms with Crippen LogP contribution in [0.15, 0.2) is 24.3 Å². The van der Waals surface area contributed by atoms with Crippen molar-refractivity contribution in [1.82, 2.24) is 10.6 Å². The van der Waals surface area contributed by atoms with E-state index in [2.05, 4.69) is 17.6 Å². The Morgan fingerprint density at radius 3 is 2.78 bits per heavy atom. The predicted molar refractivity (Wildman–Crippen MR) is 69.1 cm³/mol. The molecule has 1 saturated heterocycles. The van der Waals surface area contributed by atoms with E-state index in [9.17, 15) is 9.18 Å². The third-order valence-corrected chi connectivity index (χ3v) is 3.17. The highest BCUT2D eigenvalue weighted by Crippen LogP contribution is 2.15. The van der Waals surface area contributed by atoms with Gasteiger partial charge < -0.3 is 15.5 Å². The molecule has 18 heavy (non-hydrogen) atoms. The monoisotopic (exact) mass is 251 g/mol. The van der Waals surface area contributed by atoms with E-state index >= 15 is 0 Å². The standard InChI is InChI=1S/C13H18FN3O/c1-9-7-16-12(8-15-9)13(18)17(2)11-5-3-4-10(14)6-11/h3-6,9,12,15-16H,7-8H2,1-2H3. The lowest BCUT2D eigenvalue weighted by molar-refractivity contribution is -0.120. The molecule has 1 aliphatic rings. The Balaban J connectivity index is 2.04. The molecule has 1 aromatic carbocycles. The zero-order chi connectivity index (χ0) is 13.1. The van der Waals surface area contributed by atoms with Gasteiger partial charge in [-0.1, -0.05) is 6.07 Å². The minimum atomic E-state index is -0.337. The van der Waals surface area contributed by atoms with Crippen LogP contribution in [0.2, 0.25) is 0 Å². The first-order chi connectivity index (χ1) is 8.58. The van der Waals surface area contributed by atoms with Gasteiger partial charge in [0.2, 0.25) is 5.91 Å². The van der Waals surface area contributed by atoms with E-state index < -0.39 is 0 Å². The second-order valence-electron chi connectivity index (χ2n) is 4.65.